The first-order chi connectivity index (χ1) is 12.6. The minimum atomic E-state index is 0.142. The lowest BCUT2D eigenvalue weighted by Crippen LogP contribution is -2.34. The monoisotopic (exact) mass is 355 g/mol. The molecule has 0 aromatic carbocycles. The molecule has 8 heteroatoms. The van der Waals surface area contributed by atoms with Gasteiger partial charge in [-0.15, -0.1) is 10.2 Å². The molecule has 1 fully saturated rings. The lowest BCUT2D eigenvalue weighted by Gasteiger charge is -2.32. The molecule has 0 radical (unpaired) electrons. The van der Waals surface area contributed by atoms with Crippen molar-refractivity contribution in [2.24, 2.45) is 7.05 Å². The van der Waals surface area contributed by atoms with Crippen molar-refractivity contribution in [2.75, 3.05) is 38.2 Å². The number of aliphatic hydroxyl groups is 1. The van der Waals surface area contributed by atoms with E-state index in [1.807, 2.05) is 31.1 Å². The molecule has 0 bridgehead atoms. The molecule has 3 heterocycles. The van der Waals surface area contributed by atoms with Crippen molar-refractivity contribution in [3.8, 4) is 6.07 Å². The normalized spacial score (nSPS) is 15.4. The van der Waals surface area contributed by atoms with E-state index >= 15 is 0 Å². The second-order valence-electron chi connectivity index (χ2n) is 6.77. The Labute approximate surface area is 153 Å². The lowest BCUT2D eigenvalue weighted by molar-refractivity contribution is 0.213. The van der Waals surface area contributed by atoms with Crippen LogP contribution in [-0.4, -0.2) is 63.0 Å². The Bertz CT molecular complexity index is 757. The highest BCUT2D eigenvalue weighted by Gasteiger charge is 2.26. The van der Waals surface area contributed by atoms with Gasteiger partial charge < -0.3 is 14.6 Å². The van der Waals surface area contributed by atoms with Crippen LogP contribution in [0.2, 0.25) is 0 Å². The van der Waals surface area contributed by atoms with E-state index in [-0.39, 0.29) is 6.61 Å². The van der Waals surface area contributed by atoms with E-state index in [9.17, 15) is 0 Å². The van der Waals surface area contributed by atoms with E-state index < -0.39 is 0 Å². The van der Waals surface area contributed by atoms with E-state index in [0.717, 1.165) is 43.4 Å². The molecular weight excluding hydrogens is 330 g/mol. The summed E-state index contributed by atoms with van der Waals surface area (Å²) < 4.78 is 2.09. The number of rotatable bonds is 6. The van der Waals surface area contributed by atoms with Gasteiger partial charge in [0.2, 0.25) is 0 Å². The second-order valence-corrected chi connectivity index (χ2v) is 6.77. The smallest absolute Gasteiger partial charge is 0.146 e. The van der Waals surface area contributed by atoms with Gasteiger partial charge in [0.1, 0.15) is 23.5 Å². The van der Waals surface area contributed by atoms with Crippen LogP contribution in [-0.2, 0) is 13.6 Å². The van der Waals surface area contributed by atoms with Crippen molar-refractivity contribution < 1.29 is 5.11 Å². The predicted molar refractivity (Wildman–Crippen MR) is 97.6 cm³/mol. The Kier molecular flexibility index (Phi) is 5.81. The van der Waals surface area contributed by atoms with Gasteiger partial charge in [-0.2, -0.15) is 5.26 Å². The molecule has 1 aliphatic rings. The van der Waals surface area contributed by atoms with Gasteiger partial charge >= 0.3 is 0 Å². The van der Waals surface area contributed by atoms with Crippen LogP contribution in [0.5, 0.6) is 0 Å². The van der Waals surface area contributed by atoms with Crippen LogP contribution in [0.4, 0.5) is 5.82 Å². The van der Waals surface area contributed by atoms with Gasteiger partial charge in [0.25, 0.3) is 0 Å². The molecule has 1 aliphatic heterocycles. The fraction of sp³-hybridized carbons (Fsp3) is 0.556. The number of likely N-dealkylation sites (N-methyl/N-ethyl adjacent to an activating group) is 1. The molecule has 0 amide bonds. The molecule has 2 aromatic rings. The molecule has 0 unspecified atom stereocenters. The number of nitriles is 1. The number of nitrogens with zero attached hydrogens (tertiary/aromatic N) is 7. The Morgan fingerprint density at radius 3 is 2.69 bits per heavy atom. The summed E-state index contributed by atoms with van der Waals surface area (Å²) in [5, 5.41) is 26.7. The summed E-state index contributed by atoms with van der Waals surface area (Å²) in [7, 11) is 3.99. The number of pyridine rings is 1. The quantitative estimate of drug-likeness (QED) is 0.822. The molecule has 26 heavy (non-hydrogen) atoms. The Hall–Kier alpha value is -2.50. The maximum absolute atomic E-state index is 9.03. The van der Waals surface area contributed by atoms with Crippen LogP contribution in [0.1, 0.15) is 36.0 Å². The van der Waals surface area contributed by atoms with Gasteiger partial charge in [-0.1, -0.05) is 0 Å². The fourth-order valence-electron chi connectivity index (χ4n) is 3.37. The van der Waals surface area contributed by atoms with Crippen LogP contribution in [0.15, 0.2) is 18.3 Å². The highest BCUT2D eigenvalue weighted by molar-refractivity contribution is 5.42. The summed E-state index contributed by atoms with van der Waals surface area (Å²) in [6, 6.07) is 5.82. The van der Waals surface area contributed by atoms with Gasteiger partial charge in [0.05, 0.1) is 18.7 Å². The molecule has 0 spiro atoms. The highest BCUT2D eigenvalue weighted by atomic mass is 16.3. The van der Waals surface area contributed by atoms with Crippen molar-refractivity contribution in [3.05, 3.63) is 35.5 Å². The molecule has 0 atom stereocenters. The van der Waals surface area contributed by atoms with Crippen LogP contribution in [0, 0.1) is 11.3 Å². The topological polar surface area (TPSA) is 94.1 Å². The molecule has 138 valence electrons. The SMILES string of the molecule is CN(CCO)Cc1nnc(C2CCN(c3ccc(C#N)cn3)CC2)n1C. The standard InChI is InChI=1S/C18H25N7O/c1-23(9-10-26)13-17-21-22-18(24(17)2)15-5-7-25(8-6-15)16-4-3-14(11-19)12-20-16/h3-4,12,15,26H,5-10,13H2,1-2H3. The van der Waals surface area contributed by atoms with Crippen LogP contribution >= 0.6 is 0 Å². The second kappa shape index (κ2) is 8.25. The number of hydrogen-bond donors (Lipinski definition) is 1. The summed E-state index contributed by atoms with van der Waals surface area (Å²) >= 11 is 0. The zero-order valence-corrected chi connectivity index (χ0v) is 15.3. The molecule has 0 aliphatic carbocycles. The van der Waals surface area contributed by atoms with E-state index in [2.05, 4.69) is 30.7 Å². The first-order valence-electron chi connectivity index (χ1n) is 8.91. The number of anilines is 1. The van der Waals surface area contributed by atoms with Crippen LogP contribution in [0.3, 0.4) is 0 Å². The minimum absolute atomic E-state index is 0.142. The fourth-order valence-corrected chi connectivity index (χ4v) is 3.37. The van der Waals surface area contributed by atoms with Crippen LogP contribution < -0.4 is 4.90 Å². The molecular formula is C18H25N7O. The molecule has 8 nitrogen and oxygen atoms in total. The third kappa shape index (κ3) is 4.00. The molecule has 0 saturated carbocycles. The molecule has 1 saturated heterocycles. The highest BCUT2D eigenvalue weighted by Crippen LogP contribution is 2.29. The summed E-state index contributed by atoms with van der Waals surface area (Å²) in [6.45, 7) is 3.27. The summed E-state index contributed by atoms with van der Waals surface area (Å²) in [6.07, 6.45) is 3.62. The van der Waals surface area contributed by atoms with Crippen LogP contribution in [0.25, 0.3) is 0 Å². The summed E-state index contributed by atoms with van der Waals surface area (Å²) in [4.78, 5) is 8.68. The maximum Gasteiger partial charge on any atom is 0.146 e. The molecule has 2 aromatic heterocycles. The summed E-state index contributed by atoms with van der Waals surface area (Å²) in [5.41, 5.74) is 0.585. The first-order valence-corrected chi connectivity index (χ1v) is 8.91. The minimum Gasteiger partial charge on any atom is -0.395 e. The third-order valence-electron chi connectivity index (χ3n) is 4.95. The van der Waals surface area contributed by atoms with Crippen molar-refractivity contribution in [1.82, 2.24) is 24.6 Å². The average Bonchev–Trinajstić information content (AvgIpc) is 3.02. The largest absolute Gasteiger partial charge is 0.395 e. The van der Waals surface area contributed by atoms with Gasteiger partial charge in [0, 0.05) is 38.8 Å². The molecule has 3 rings (SSSR count). The van der Waals surface area contributed by atoms with E-state index in [1.165, 1.54) is 0 Å². The van der Waals surface area contributed by atoms with Gasteiger partial charge in [-0.05, 0) is 32.0 Å². The van der Waals surface area contributed by atoms with E-state index in [0.29, 0.717) is 24.6 Å². The Balaban J connectivity index is 1.61. The van der Waals surface area contributed by atoms with Crippen molar-refractivity contribution in [1.29, 1.82) is 5.26 Å². The summed E-state index contributed by atoms with van der Waals surface area (Å²) in [5.74, 6) is 3.27. The number of hydrogen-bond acceptors (Lipinski definition) is 7. The van der Waals surface area contributed by atoms with Gasteiger partial charge in [0.15, 0.2) is 0 Å². The van der Waals surface area contributed by atoms with E-state index in [1.54, 1.807) is 6.20 Å². The third-order valence-corrected chi connectivity index (χ3v) is 4.95. The van der Waals surface area contributed by atoms with E-state index in [4.69, 9.17) is 10.4 Å². The van der Waals surface area contributed by atoms with Crippen molar-refractivity contribution in [3.63, 3.8) is 0 Å². The zero-order valence-electron chi connectivity index (χ0n) is 15.3. The van der Waals surface area contributed by atoms with Gasteiger partial charge in [-0.3, -0.25) is 4.90 Å². The average molecular weight is 355 g/mol. The number of aromatic nitrogens is 4. The van der Waals surface area contributed by atoms with Gasteiger partial charge in [-0.25, -0.2) is 4.98 Å². The predicted octanol–water partition coefficient (Wildman–Crippen LogP) is 0.890. The Morgan fingerprint density at radius 2 is 2.08 bits per heavy atom. The van der Waals surface area contributed by atoms with Crippen molar-refractivity contribution >= 4 is 5.82 Å². The number of aliphatic hydroxyl groups excluding tert-OH is 1. The molecule has 1 N–H and O–H groups in total. The Morgan fingerprint density at radius 1 is 1.31 bits per heavy atom. The zero-order chi connectivity index (χ0) is 18.5. The van der Waals surface area contributed by atoms with Crippen molar-refractivity contribution in [2.45, 2.75) is 25.3 Å². The first kappa shape index (κ1) is 18.3. The number of piperidine rings is 1. The maximum atomic E-state index is 9.03. The lowest BCUT2D eigenvalue weighted by atomic mass is 9.96.